The Bertz CT molecular complexity index is 330. The summed E-state index contributed by atoms with van der Waals surface area (Å²) in [6, 6.07) is -0.406. The van der Waals surface area contributed by atoms with Crippen LogP contribution in [0.2, 0.25) is 0 Å². The van der Waals surface area contributed by atoms with Crippen molar-refractivity contribution in [3.05, 3.63) is 5.51 Å². The van der Waals surface area contributed by atoms with Crippen LogP contribution in [0, 0.1) is 0 Å². The third-order valence-electron chi connectivity index (χ3n) is 2.20. The van der Waals surface area contributed by atoms with Gasteiger partial charge >= 0.3 is 5.97 Å². The third-order valence-corrected chi connectivity index (χ3v) is 2.92. The second-order valence-electron chi connectivity index (χ2n) is 3.03. The molecule has 1 aliphatic rings. The maximum Gasteiger partial charge on any atom is 0.330 e. The van der Waals surface area contributed by atoms with Crippen LogP contribution in [0.15, 0.2) is 5.51 Å². The topological polar surface area (TPSA) is 64.6 Å². The molecule has 0 aliphatic carbocycles. The van der Waals surface area contributed by atoms with Crippen molar-refractivity contribution in [2.45, 2.75) is 6.04 Å². The highest BCUT2D eigenvalue weighted by Gasteiger charge is 2.31. The van der Waals surface area contributed by atoms with Gasteiger partial charge in [-0.25, -0.2) is 4.79 Å². The highest BCUT2D eigenvalue weighted by atomic mass is 32.1. The van der Waals surface area contributed by atoms with E-state index in [4.69, 9.17) is 9.47 Å². The third kappa shape index (κ3) is 2.07. The molecule has 82 valence electrons. The molecule has 1 atom stereocenters. The number of carbonyl (C=O) groups is 1. The monoisotopic (exact) mass is 229 g/mol. The number of esters is 1. The molecule has 0 spiro atoms. The summed E-state index contributed by atoms with van der Waals surface area (Å²) in [5, 5.41) is 8.42. The average molecular weight is 229 g/mol. The summed E-state index contributed by atoms with van der Waals surface area (Å²) in [5.41, 5.74) is 1.64. The molecular formula is C8H11N3O3S. The smallest absolute Gasteiger partial charge is 0.330 e. The van der Waals surface area contributed by atoms with E-state index in [1.807, 2.05) is 4.90 Å². The van der Waals surface area contributed by atoms with Gasteiger partial charge in [0.2, 0.25) is 5.13 Å². The molecule has 0 N–H and O–H groups in total. The number of morpholine rings is 1. The minimum absolute atomic E-state index is 0.301. The Labute approximate surface area is 90.8 Å². The highest BCUT2D eigenvalue weighted by Crippen LogP contribution is 2.21. The Kier molecular flexibility index (Phi) is 3.12. The second kappa shape index (κ2) is 4.54. The van der Waals surface area contributed by atoms with Crippen LogP contribution in [0.3, 0.4) is 0 Å². The first kappa shape index (κ1) is 10.3. The zero-order chi connectivity index (χ0) is 10.7. The lowest BCUT2D eigenvalue weighted by molar-refractivity contribution is -0.144. The number of anilines is 1. The van der Waals surface area contributed by atoms with Gasteiger partial charge in [-0.15, -0.1) is 10.2 Å². The zero-order valence-corrected chi connectivity index (χ0v) is 9.07. The van der Waals surface area contributed by atoms with Crippen molar-refractivity contribution >= 4 is 22.4 Å². The lowest BCUT2D eigenvalue weighted by atomic mass is 10.2. The Morgan fingerprint density at radius 3 is 3.33 bits per heavy atom. The molecule has 6 nitrogen and oxygen atoms in total. The number of rotatable bonds is 2. The summed E-state index contributed by atoms with van der Waals surface area (Å²) in [6.45, 7) is 1.56. The van der Waals surface area contributed by atoms with Crippen LogP contribution in [0.25, 0.3) is 0 Å². The van der Waals surface area contributed by atoms with Crippen molar-refractivity contribution in [1.82, 2.24) is 10.2 Å². The fourth-order valence-electron chi connectivity index (χ4n) is 1.46. The predicted molar refractivity (Wildman–Crippen MR) is 53.9 cm³/mol. The fraction of sp³-hybridized carbons (Fsp3) is 0.625. The van der Waals surface area contributed by atoms with Crippen LogP contribution in [0.5, 0.6) is 0 Å². The average Bonchev–Trinajstić information content (AvgIpc) is 2.81. The SMILES string of the molecule is COC(=O)C1COCCN1c1nncs1. The molecule has 2 rings (SSSR count). The van der Waals surface area contributed by atoms with Gasteiger partial charge in [0.1, 0.15) is 5.51 Å². The molecule has 1 unspecified atom stereocenters. The van der Waals surface area contributed by atoms with Crippen molar-refractivity contribution in [2.24, 2.45) is 0 Å². The van der Waals surface area contributed by atoms with E-state index in [0.717, 1.165) is 5.13 Å². The zero-order valence-electron chi connectivity index (χ0n) is 8.25. The molecule has 0 radical (unpaired) electrons. The van der Waals surface area contributed by atoms with Gasteiger partial charge in [-0.3, -0.25) is 0 Å². The quantitative estimate of drug-likeness (QED) is 0.661. The van der Waals surface area contributed by atoms with E-state index in [2.05, 4.69) is 10.2 Å². The number of aromatic nitrogens is 2. The van der Waals surface area contributed by atoms with Gasteiger partial charge in [0, 0.05) is 6.54 Å². The molecule has 7 heteroatoms. The first-order chi connectivity index (χ1) is 7.33. The van der Waals surface area contributed by atoms with E-state index in [9.17, 15) is 4.79 Å². The second-order valence-corrected chi connectivity index (χ2v) is 3.84. The first-order valence-electron chi connectivity index (χ1n) is 4.51. The molecule has 0 amide bonds. The van der Waals surface area contributed by atoms with Crippen LogP contribution >= 0.6 is 11.3 Å². The van der Waals surface area contributed by atoms with Gasteiger partial charge in [-0.1, -0.05) is 11.3 Å². The van der Waals surface area contributed by atoms with E-state index in [1.165, 1.54) is 18.4 Å². The van der Waals surface area contributed by atoms with Crippen LogP contribution in [0.4, 0.5) is 5.13 Å². The van der Waals surface area contributed by atoms with Crippen molar-refractivity contribution in [3.63, 3.8) is 0 Å². The maximum atomic E-state index is 11.5. The molecule has 15 heavy (non-hydrogen) atoms. The van der Waals surface area contributed by atoms with Crippen LogP contribution in [-0.4, -0.2) is 49.1 Å². The minimum atomic E-state index is -0.406. The van der Waals surface area contributed by atoms with Crippen LogP contribution in [0.1, 0.15) is 0 Å². The summed E-state index contributed by atoms with van der Waals surface area (Å²) in [5.74, 6) is -0.301. The van der Waals surface area contributed by atoms with E-state index < -0.39 is 6.04 Å². The molecular weight excluding hydrogens is 218 g/mol. The summed E-state index contributed by atoms with van der Waals surface area (Å²) in [4.78, 5) is 13.4. The van der Waals surface area contributed by atoms with E-state index in [1.54, 1.807) is 5.51 Å². The first-order valence-corrected chi connectivity index (χ1v) is 5.39. The summed E-state index contributed by atoms with van der Waals surface area (Å²) in [6.07, 6.45) is 0. The Morgan fingerprint density at radius 2 is 2.67 bits per heavy atom. The normalized spacial score (nSPS) is 21.4. The molecule has 1 aliphatic heterocycles. The van der Waals surface area contributed by atoms with Crippen molar-refractivity contribution in [1.29, 1.82) is 0 Å². The molecule has 0 saturated carbocycles. The number of carbonyl (C=O) groups excluding carboxylic acids is 1. The number of ether oxygens (including phenoxy) is 2. The predicted octanol–water partition coefficient (Wildman–Crippen LogP) is -0.0837. The number of hydrogen-bond donors (Lipinski definition) is 0. The molecule has 2 heterocycles. The minimum Gasteiger partial charge on any atom is -0.467 e. The van der Waals surface area contributed by atoms with Gasteiger partial charge in [0.25, 0.3) is 0 Å². The Morgan fingerprint density at radius 1 is 1.80 bits per heavy atom. The van der Waals surface area contributed by atoms with Crippen molar-refractivity contribution in [2.75, 3.05) is 31.8 Å². The number of nitrogens with zero attached hydrogens (tertiary/aromatic N) is 3. The molecule has 0 aromatic carbocycles. The lowest BCUT2D eigenvalue weighted by Crippen LogP contribution is -2.50. The Balaban J connectivity index is 2.16. The molecule has 0 bridgehead atoms. The largest absolute Gasteiger partial charge is 0.467 e. The van der Waals surface area contributed by atoms with E-state index in [0.29, 0.717) is 19.8 Å². The number of hydrogen-bond acceptors (Lipinski definition) is 7. The fourth-order valence-corrected chi connectivity index (χ4v) is 2.09. The van der Waals surface area contributed by atoms with Gasteiger partial charge in [-0.2, -0.15) is 0 Å². The van der Waals surface area contributed by atoms with Gasteiger partial charge in [0.15, 0.2) is 6.04 Å². The summed E-state index contributed by atoms with van der Waals surface area (Å²) in [7, 11) is 1.37. The standard InChI is InChI=1S/C8H11N3O3S/c1-13-7(12)6-4-14-3-2-11(6)8-10-9-5-15-8/h5-6H,2-4H2,1H3. The molecule has 1 aromatic rings. The van der Waals surface area contributed by atoms with Crippen LogP contribution in [-0.2, 0) is 14.3 Å². The van der Waals surface area contributed by atoms with E-state index in [-0.39, 0.29) is 5.97 Å². The van der Waals surface area contributed by atoms with Crippen molar-refractivity contribution < 1.29 is 14.3 Å². The maximum absolute atomic E-state index is 11.5. The summed E-state index contributed by atoms with van der Waals surface area (Å²) >= 11 is 1.40. The van der Waals surface area contributed by atoms with Gasteiger partial charge < -0.3 is 14.4 Å². The van der Waals surface area contributed by atoms with Crippen molar-refractivity contribution in [3.8, 4) is 0 Å². The number of methoxy groups -OCH3 is 1. The molecule has 1 fully saturated rings. The van der Waals surface area contributed by atoms with Crippen LogP contribution < -0.4 is 4.90 Å². The van der Waals surface area contributed by atoms with Gasteiger partial charge in [-0.05, 0) is 0 Å². The van der Waals surface area contributed by atoms with Gasteiger partial charge in [0.05, 0.1) is 20.3 Å². The lowest BCUT2D eigenvalue weighted by Gasteiger charge is -2.32. The summed E-state index contributed by atoms with van der Waals surface area (Å²) < 4.78 is 9.96. The molecule has 1 aromatic heterocycles. The highest BCUT2D eigenvalue weighted by molar-refractivity contribution is 7.13. The Hall–Kier alpha value is -1.21. The molecule has 1 saturated heterocycles. The van der Waals surface area contributed by atoms with E-state index >= 15 is 0 Å².